The van der Waals surface area contributed by atoms with Crippen LogP contribution in [0.3, 0.4) is 0 Å². The lowest BCUT2D eigenvalue weighted by atomic mass is 10.1. The standard InChI is InChI=1S/C21H24N6O2/c1-2-27-20(23-24-25-27)17-6-4-7-18(14-17)21(28)22-19-8-3-5-16(13-19)15-26-9-11-29-12-10-26/h3-8,13-14H,2,9-12,15H2,1H3,(H,22,28). The van der Waals surface area contributed by atoms with E-state index in [9.17, 15) is 4.79 Å². The van der Waals surface area contributed by atoms with Gasteiger partial charge in [-0.3, -0.25) is 9.69 Å². The molecule has 1 saturated heterocycles. The van der Waals surface area contributed by atoms with Crippen molar-refractivity contribution in [1.82, 2.24) is 25.1 Å². The molecule has 8 heteroatoms. The molecule has 4 rings (SSSR count). The van der Waals surface area contributed by atoms with Gasteiger partial charge in [-0.25, -0.2) is 4.68 Å². The van der Waals surface area contributed by atoms with Crippen LogP contribution in [0.15, 0.2) is 48.5 Å². The van der Waals surface area contributed by atoms with Crippen molar-refractivity contribution in [3.8, 4) is 11.4 Å². The number of tetrazole rings is 1. The molecule has 0 unspecified atom stereocenters. The zero-order chi connectivity index (χ0) is 20.1. The van der Waals surface area contributed by atoms with Gasteiger partial charge in [0.2, 0.25) is 0 Å². The number of hydrogen-bond acceptors (Lipinski definition) is 6. The molecule has 8 nitrogen and oxygen atoms in total. The maximum absolute atomic E-state index is 12.8. The van der Waals surface area contributed by atoms with E-state index in [1.165, 1.54) is 5.56 Å². The van der Waals surface area contributed by atoms with Crippen LogP contribution in [0.4, 0.5) is 5.69 Å². The number of anilines is 1. The highest BCUT2D eigenvalue weighted by Gasteiger charge is 2.13. The first-order chi connectivity index (χ1) is 14.2. The largest absolute Gasteiger partial charge is 0.379 e. The lowest BCUT2D eigenvalue weighted by Gasteiger charge is -2.26. The van der Waals surface area contributed by atoms with Crippen LogP contribution in [-0.4, -0.2) is 57.3 Å². The summed E-state index contributed by atoms with van der Waals surface area (Å²) in [6.07, 6.45) is 0. The number of nitrogens with one attached hydrogen (secondary N) is 1. The first kappa shape index (κ1) is 19.2. The van der Waals surface area contributed by atoms with Gasteiger partial charge < -0.3 is 10.1 Å². The minimum Gasteiger partial charge on any atom is -0.379 e. The van der Waals surface area contributed by atoms with Gasteiger partial charge in [0.15, 0.2) is 5.82 Å². The zero-order valence-electron chi connectivity index (χ0n) is 16.4. The fourth-order valence-electron chi connectivity index (χ4n) is 3.39. The molecule has 0 atom stereocenters. The molecule has 2 heterocycles. The molecule has 0 saturated carbocycles. The van der Waals surface area contributed by atoms with Gasteiger partial charge in [-0.1, -0.05) is 24.3 Å². The Morgan fingerprint density at radius 3 is 2.79 bits per heavy atom. The molecule has 1 aliphatic rings. The van der Waals surface area contributed by atoms with E-state index in [-0.39, 0.29) is 5.91 Å². The second-order valence-corrected chi connectivity index (χ2v) is 6.94. The Morgan fingerprint density at radius 2 is 1.97 bits per heavy atom. The van der Waals surface area contributed by atoms with Crippen LogP contribution in [-0.2, 0) is 17.8 Å². The van der Waals surface area contributed by atoms with E-state index in [1.807, 2.05) is 43.3 Å². The van der Waals surface area contributed by atoms with E-state index in [2.05, 4.69) is 31.8 Å². The van der Waals surface area contributed by atoms with Crippen molar-refractivity contribution < 1.29 is 9.53 Å². The van der Waals surface area contributed by atoms with E-state index < -0.39 is 0 Å². The number of morpholine rings is 1. The number of rotatable bonds is 6. The summed E-state index contributed by atoms with van der Waals surface area (Å²) < 4.78 is 7.10. The maximum atomic E-state index is 12.8. The van der Waals surface area contributed by atoms with Crippen LogP contribution in [0, 0.1) is 0 Å². The monoisotopic (exact) mass is 392 g/mol. The van der Waals surface area contributed by atoms with Gasteiger partial charge in [0.1, 0.15) is 0 Å². The number of ether oxygens (including phenoxy) is 1. The van der Waals surface area contributed by atoms with Crippen LogP contribution >= 0.6 is 0 Å². The molecule has 1 aliphatic heterocycles. The molecule has 0 spiro atoms. The molecule has 0 aliphatic carbocycles. The summed E-state index contributed by atoms with van der Waals surface area (Å²) in [6.45, 7) is 6.89. The Kier molecular flexibility index (Phi) is 5.92. The normalized spacial score (nSPS) is 14.7. The first-order valence-corrected chi connectivity index (χ1v) is 9.80. The highest BCUT2D eigenvalue weighted by atomic mass is 16.5. The predicted molar refractivity (Wildman–Crippen MR) is 109 cm³/mol. The van der Waals surface area contributed by atoms with Gasteiger partial charge in [0.05, 0.1) is 13.2 Å². The van der Waals surface area contributed by atoms with Crippen molar-refractivity contribution in [2.75, 3.05) is 31.6 Å². The number of aromatic nitrogens is 4. The Hall–Kier alpha value is -3.10. The molecule has 1 fully saturated rings. The summed E-state index contributed by atoms with van der Waals surface area (Å²) in [4.78, 5) is 15.1. The molecular weight excluding hydrogens is 368 g/mol. The number of nitrogens with zero attached hydrogens (tertiary/aromatic N) is 5. The van der Waals surface area contributed by atoms with Crippen molar-refractivity contribution in [2.45, 2.75) is 20.0 Å². The molecule has 0 bridgehead atoms. The fourth-order valence-corrected chi connectivity index (χ4v) is 3.39. The number of carbonyl (C=O) groups excluding carboxylic acids is 1. The topological polar surface area (TPSA) is 85.2 Å². The third kappa shape index (κ3) is 4.67. The van der Waals surface area contributed by atoms with Gasteiger partial charge in [-0.15, -0.1) is 5.10 Å². The molecule has 1 aromatic heterocycles. The Balaban J connectivity index is 1.47. The summed E-state index contributed by atoms with van der Waals surface area (Å²) in [6, 6.07) is 15.3. The third-order valence-corrected chi connectivity index (χ3v) is 4.91. The van der Waals surface area contributed by atoms with Crippen LogP contribution in [0.5, 0.6) is 0 Å². The van der Waals surface area contributed by atoms with E-state index in [0.29, 0.717) is 17.9 Å². The summed E-state index contributed by atoms with van der Waals surface area (Å²) in [5.74, 6) is 0.487. The molecule has 29 heavy (non-hydrogen) atoms. The number of amides is 1. The van der Waals surface area contributed by atoms with Gasteiger partial charge in [0, 0.05) is 43.0 Å². The Labute approximate surface area is 169 Å². The lowest BCUT2D eigenvalue weighted by molar-refractivity contribution is 0.0342. The summed E-state index contributed by atoms with van der Waals surface area (Å²) in [7, 11) is 0. The minimum absolute atomic E-state index is 0.161. The lowest BCUT2D eigenvalue weighted by Crippen LogP contribution is -2.35. The summed E-state index contributed by atoms with van der Waals surface area (Å²) >= 11 is 0. The average molecular weight is 392 g/mol. The van der Waals surface area contributed by atoms with E-state index in [4.69, 9.17) is 4.74 Å². The smallest absolute Gasteiger partial charge is 0.255 e. The molecule has 0 radical (unpaired) electrons. The minimum atomic E-state index is -0.161. The van der Waals surface area contributed by atoms with E-state index in [1.54, 1.807) is 10.7 Å². The molecule has 150 valence electrons. The second kappa shape index (κ2) is 8.93. The quantitative estimate of drug-likeness (QED) is 0.694. The number of hydrogen-bond donors (Lipinski definition) is 1. The average Bonchev–Trinajstić information content (AvgIpc) is 3.24. The predicted octanol–water partition coefficient (Wildman–Crippen LogP) is 2.44. The summed E-state index contributed by atoms with van der Waals surface area (Å²) in [5.41, 5.74) is 3.32. The Morgan fingerprint density at radius 1 is 1.14 bits per heavy atom. The van der Waals surface area contributed by atoms with Gasteiger partial charge in [0.25, 0.3) is 5.91 Å². The van der Waals surface area contributed by atoms with Gasteiger partial charge in [-0.2, -0.15) is 0 Å². The van der Waals surface area contributed by atoms with Crippen molar-refractivity contribution in [3.63, 3.8) is 0 Å². The van der Waals surface area contributed by atoms with Crippen molar-refractivity contribution in [2.24, 2.45) is 0 Å². The third-order valence-electron chi connectivity index (χ3n) is 4.91. The first-order valence-electron chi connectivity index (χ1n) is 9.80. The van der Waals surface area contributed by atoms with E-state index in [0.717, 1.165) is 44.1 Å². The molecule has 2 aromatic carbocycles. The van der Waals surface area contributed by atoms with Crippen molar-refractivity contribution in [3.05, 3.63) is 59.7 Å². The highest BCUT2D eigenvalue weighted by molar-refractivity contribution is 6.04. The Bertz CT molecular complexity index is 981. The van der Waals surface area contributed by atoms with Crippen LogP contribution in [0.1, 0.15) is 22.8 Å². The van der Waals surface area contributed by atoms with Crippen LogP contribution < -0.4 is 5.32 Å². The number of aryl methyl sites for hydroxylation is 1. The molecule has 1 N–H and O–H groups in total. The molecular formula is C21H24N6O2. The van der Waals surface area contributed by atoms with Gasteiger partial charge >= 0.3 is 0 Å². The summed E-state index contributed by atoms with van der Waals surface area (Å²) in [5, 5.41) is 14.7. The van der Waals surface area contributed by atoms with Gasteiger partial charge in [-0.05, 0) is 47.2 Å². The number of benzene rings is 2. The number of carbonyl (C=O) groups is 1. The SMILES string of the molecule is CCn1nnnc1-c1cccc(C(=O)Nc2cccc(CN3CCOCC3)c2)c1. The molecule has 1 amide bonds. The van der Waals surface area contributed by atoms with E-state index >= 15 is 0 Å². The van der Waals surface area contributed by atoms with Crippen LogP contribution in [0.25, 0.3) is 11.4 Å². The fraction of sp³-hybridized carbons (Fsp3) is 0.333. The highest BCUT2D eigenvalue weighted by Crippen LogP contribution is 2.19. The van der Waals surface area contributed by atoms with Crippen LogP contribution in [0.2, 0.25) is 0 Å². The van der Waals surface area contributed by atoms with Crippen molar-refractivity contribution in [1.29, 1.82) is 0 Å². The second-order valence-electron chi connectivity index (χ2n) is 6.94. The molecule has 3 aromatic rings. The van der Waals surface area contributed by atoms with Crippen molar-refractivity contribution >= 4 is 11.6 Å². The zero-order valence-corrected chi connectivity index (χ0v) is 16.4. The maximum Gasteiger partial charge on any atom is 0.255 e.